The lowest BCUT2D eigenvalue weighted by Gasteiger charge is -2.26. The Morgan fingerprint density at radius 3 is 2.65 bits per heavy atom. The van der Waals surface area contributed by atoms with Crippen LogP contribution in [0.5, 0.6) is 0 Å². The van der Waals surface area contributed by atoms with Crippen LogP contribution < -0.4 is 16.4 Å². The molecule has 4 amide bonds. The maximum absolute atomic E-state index is 12.0. The standard InChI is InChI=1S/C17H24N4O2/c1-17(2,3)14(18)20-16(23)21-15(22)19-13-10-6-8-11-7-4-5-9-12(11)13/h4-5,7,9,13H,6,8,10H2,1-3H3,(H4,18,19,20,21,22,23). The molecule has 1 aromatic rings. The first-order chi connectivity index (χ1) is 10.8. The molecule has 0 spiro atoms. The van der Waals surface area contributed by atoms with Gasteiger partial charge in [0.1, 0.15) is 5.84 Å². The smallest absolute Gasteiger partial charge is 0.350 e. The molecule has 0 saturated heterocycles. The largest absolute Gasteiger partial charge is 0.387 e. The second kappa shape index (κ2) is 6.81. The first kappa shape index (κ1) is 17.0. The number of nitrogens with zero attached hydrogens (tertiary/aromatic N) is 1. The molecule has 0 fully saturated rings. The Labute approximate surface area is 136 Å². The van der Waals surface area contributed by atoms with Crippen LogP contribution in [-0.4, -0.2) is 17.9 Å². The van der Waals surface area contributed by atoms with Gasteiger partial charge in [0.25, 0.3) is 0 Å². The predicted molar refractivity (Wildman–Crippen MR) is 90.3 cm³/mol. The minimum atomic E-state index is -0.751. The Hall–Kier alpha value is -2.37. The molecule has 0 aliphatic heterocycles. The van der Waals surface area contributed by atoms with Gasteiger partial charge in [-0.25, -0.2) is 9.59 Å². The van der Waals surface area contributed by atoms with Crippen molar-refractivity contribution in [2.24, 2.45) is 16.1 Å². The third-order valence-corrected chi connectivity index (χ3v) is 3.89. The van der Waals surface area contributed by atoms with Crippen LogP contribution in [0.3, 0.4) is 0 Å². The van der Waals surface area contributed by atoms with E-state index in [-0.39, 0.29) is 11.9 Å². The number of hydrogen-bond donors (Lipinski definition) is 3. The molecule has 1 aliphatic carbocycles. The lowest BCUT2D eigenvalue weighted by Crippen LogP contribution is -2.42. The van der Waals surface area contributed by atoms with Crippen molar-refractivity contribution >= 4 is 17.9 Å². The molecule has 4 N–H and O–H groups in total. The molecule has 2 rings (SSSR count). The number of urea groups is 2. The number of aryl methyl sites for hydroxylation is 1. The lowest BCUT2D eigenvalue weighted by molar-refractivity contribution is 0.228. The number of hydrogen-bond acceptors (Lipinski definition) is 2. The van der Waals surface area contributed by atoms with Crippen molar-refractivity contribution in [1.82, 2.24) is 10.6 Å². The second-order valence-corrected chi connectivity index (χ2v) is 6.79. The van der Waals surface area contributed by atoms with Crippen LogP contribution in [0, 0.1) is 5.41 Å². The molecule has 0 heterocycles. The first-order valence-corrected chi connectivity index (χ1v) is 7.81. The highest BCUT2D eigenvalue weighted by Crippen LogP contribution is 2.29. The number of nitrogens with one attached hydrogen (secondary N) is 2. The number of nitrogens with two attached hydrogens (primary N) is 1. The van der Waals surface area contributed by atoms with Crippen LogP contribution in [0.15, 0.2) is 29.3 Å². The monoisotopic (exact) mass is 316 g/mol. The minimum absolute atomic E-state index is 0.0864. The van der Waals surface area contributed by atoms with E-state index in [2.05, 4.69) is 21.7 Å². The molecule has 0 saturated carbocycles. The topological polar surface area (TPSA) is 96.6 Å². The number of amides is 4. The van der Waals surface area contributed by atoms with Crippen molar-refractivity contribution in [3.63, 3.8) is 0 Å². The van der Waals surface area contributed by atoms with E-state index >= 15 is 0 Å². The van der Waals surface area contributed by atoms with E-state index in [4.69, 9.17) is 5.73 Å². The number of aliphatic imine (C=N–C) groups is 1. The Bertz CT molecular complexity index is 632. The van der Waals surface area contributed by atoms with E-state index in [0.717, 1.165) is 24.8 Å². The number of amidine groups is 1. The number of carbonyl (C=O) groups is 2. The normalized spacial score (nSPS) is 18.0. The van der Waals surface area contributed by atoms with Gasteiger partial charge < -0.3 is 11.1 Å². The molecule has 124 valence electrons. The summed E-state index contributed by atoms with van der Waals surface area (Å²) in [5, 5.41) is 5.04. The van der Waals surface area contributed by atoms with E-state index in [9.17, 15) is 9.59 Å². The van der Waals surface area contributed by atoms with Gasteiger partial charge in [-0.1, -0.05) is 45.0 Å². The van der Waals surface area contributed by atoms with Gasteiger partial charge in [-0.15, -0.1) is 0 Å². The fourth-order valence-electron chi connectivity index (χ4n) is 2.50. The fraction of sp³-hybridized carbons (Fsp3) is 0.471. The summed E-state index contributed by atoms with van der Waals surface area (Å²) in [6.07, 6.45) is 2.87. The molecule has 6 nitrogen and oxygen atoms in total. The van der Waals surface area contributed by atoms with Gasteiger partial charge in [-0.05, 0) is 30.4 Å². The molecule has 1 aliphatic rings. The molecular formula is C17H24N4O2. The van der Waals surface area contributed by atoms with Crippen molar-refractivity contribution in [1.29, 1.82) is 0 Å². The Morgan fingerprint density at radius 2 is 1.96 bits per heavy atom. The molecule has 23 heavy (non-hydrogen) atoms. The van der Waals surface area contributed by atoms with Crippen LogP contribution in [0.1, 0.15) is 50.8 Å². The van der Waals surface area contributed by atoms with E-state index in [0.29, 0.717) is 0 Å². The van der Waals surface area contributed by atoms with Crippen LogP contribution in [0.25, 0.3) is 0 Å². The number of benzene rings is 1. The van der Waals surface area contributed by atoms with Crippen molar-refractivity contribution < 1.29 is 9.59 Å². The Morgan fingerprint density at radius 1 is 1.26 bits per heavy atom. The van der Waals surface area contributed by atoms with Gasteiger partial charge in [0.05, 0.1) is 6.04 Å². The summed E-state index contributed by atoms with van der Waals surface area (Å²) in [5.41, 5.74) is 7.66. The Balaban J connectivity index is 1.97. The Kier molecular flexibility index (Phi) is 5.03. The molecule has 0 aromatic heterocycles. The SMILES string of the molecule is CC(C)(C)/C(N)=N/C(=O)NC(=O)NC1CCCc2ccccc21. The third kappa shape index (κ3) is 4.55. The van der Waals surface area contributed by atoms with Crippen molar-refractivity contribution in [2.75, 3.05) is 0 Å². The highest BCUT2D eigenvalue weighted by atomic mass is 16.2. The van der Waals surface area contributed by atoms with Crippen molar-refractivity contribution in [3.8, 4) is 0 Å². The quantitative estimate of drug-likeness (QED) is 0.549. The molecule has 1 unspecified atom stereocenters. The zero-order valence-electron chi connectivity index (χ0n) is 13.8. The zero-order chi connectivity index (χ0) is 17.0. The van der Waals surface area contributed by atoms with Gasteiger partial charge in [-0.2, -0.15) is 4.99 Å². The molecular weight excluding hydrogens is 292 g/mol. The van der Waals surface area contributed by atoms with Crippen molar-refractivity contribution in [3.05, 3.63) is 35.4 Å². The van der Waals surface area contributed by atoms with Gasteiger partial charge >= 0.3 is 12.1 Å². The summed E-state index contributed by atoms with van der Waals surface area (Å²) >= 11 is 0. The molecule has 6 heteroatoms. The minimum Gasteiger partial charge on any atom is -0.387 e. The summed E-state index contributed by atoms with van der Waals surface area (Å²) in [5.74, 6) is 0.186. The first-order valence-electron chi connectivity index (χ1n) is 7.81. The third-order valence-electron chi connectivity index (χ3n) is 3.89. The molecule has 0 bridgehead atoms. The van der Waals surface area contributed by atoms with Crippen LogP contribution >= 0.6 is 0 Å². The summed E-state index contributed by atoms with van der Waals surface area (Å²) in [6.45, 7) is 5.54. The molecule has 1 aromatic carbocycles. The maximum atomic E-state index is 12.0. The molecule has 0 radical (unpaired) electrons. The van der Waals surface area contributed by atoms with E-state index in [1.54, 1.807) is 0 Å². The zero-order valence-corrected chi connectivity index (χ0v) is 13.8. The fourth-order valence-corrected chi connectivity index (χ4v) is 2.50. The van der Waals surface area contributed by atoms with E-state index in [1.165, 1.54) is 5.56 Å². The summed E-state index contributed by atoms with van der Waals surface area (Å²) < 4.78 is 0. The average Bonchev–Trinajstić information content (AvgIpc) is 2.46. The highest BCUT2D eigenvalue weighted by Gasteiger charge is 2.22. The number of imide groups is 1. The van der Waals surface area contributed by atoms with Gasteiger partial charge in [-0.3, -0.25) is 5.32 Å². The van der Waals surface area contributed by atoms with E-state index in [1.807, 2.05) is 39.0 Å². The lowest BCUT2D eigenvalue weighted by atomic mass is 9.88. The van der Waals surface area contributed by atoms with Gasteiger partial charge in [0, 0.05) is 5.41 Å². The highest BCUT2D eigenvalue weighted by molar-refractivity contribution is 6.01. The van der Waals surface area contributed by atoms with Crippen molar-refractivity contribution in [2.45, 2.75) is 46.1 Å². The predicted octanol–water partition coefficient (Wildman–Crippen LogP) is 2.89. The molecule has 1 atom stereocenters. The summed E-state index contributed by atoms with van der Waals surface area (Å²) in [4.78, 5) is 27.5. The van der Waals surface area contributed by atoms with Crippen LogP contribution in [-0.2, 0) is 6.42 Å². The van der Waals surface area contributed by atoms with Crippen LogP contribution in [0.2, 0.25) is 0 Å². The summed E-state index contributed by atoms with van der Waals surface area (Å²) in [7, 11) is 0. The number of rotatable bonds is 1. The average molecular weight is 316 g/mol. The second-order valence-electron chi connectivity index (χ2n) is 6.79. The maximum Gasteiger partial charge on any atom is 0.350 e. The number of carbonyl (C=O) groups excluding carboxylic acids is 2. The summed E-state index contributed by atoms with van der Waals surface area (Å²) in [6, 6.07) is 6.64. The number of fused-ring (bicyclic) bond motifs is 1. The van der Waals surface area contributed by atoms with Gasteiger partial charge in [0.2, 0.25) is 0 Å². The van der Waals surface area contributed by atoms with Gasteiger partial charge in [0.15, 0.2) is 0 Å². The van der Waals surface area contributed by atoms with Crippen LogP contribution in [0.4, 0.5) is 9.59 Å². The van der Waals surface area contributed by atoms with E-state index < -0.39 is 17.5 Å².